The number of carbonyl (C=O) groups is 7. The van der Waals surface area contributed by atoms with Crippen molar-refractivity contribution in [2.45, 2.75) is 108 Å². The zero-order valence-electron chi connectivity index (χ0n) is 39.1. The molecule has 382 valence electrons. The highest BCUT2D eigenvalue weighted by atomic mass is 16.8. The molecule has 1 aliphatic heterocycles. The fourth-order valence-corrected chi connectivity index (χ4v) is 7.52. The summed E-state index contributed by atoms with van der Waals surface area (Å²) in [6, 6.07) is 18.9. The summed E-state index contributed by atoms with van der Waals surface area (Å²) < 4.78 is 64.2. The Morgan fingerprint density at radius 3 is 1.53 bits per heavy atom. The van der Waals surface area contributed by atoms with Crippen LogP contribution in [0, 0.1) is 5.53 Å². The third-order valence-corrected chi connectivity index (χ3v) is 10.5. The van der Waals surface area contributed by atoms with Gasteiger partial charge in [-0.1, -0.05) is 64.8 Å². The van der Waals surface area contributed by atoms with Crippen LogP contribution in [-0.2, 0) is 71.3 Å². The van der Waals surface area contributed by atoms with Gasteiger partial charge < -0.3 is 52.1 Å². The topological polar surface area (TPSA) is 355 Å². The van der Waals surface area contributed by atoms with E-state index in [2.05, 4.69) is 25.2 Å². The Morgan fingerprint density at radius 2 is 1.07 bits per heavy atom. The molecule has 1 heterocycles. The molecule has 26 heteroatoms. The van der Waals surface area contributed by atoms with Crippen molar-refractivity contribution in [3.05, 3.63) is 129 Å². The maximum atomic E-state index is 13.5. The lowest BCUT2D eigenvalue weighted by atomic mass is 9.83. The summed E-state index contributed by atoms with van der Waals surface area (Å²) >= 11 is 0. The van der Waals surface area contributed by atoms with E-state index in [9.17, 15) is 44.6 Å². The van der Waals surface area contributed by atoms with Gasteiger partial charge in [0.1, 0.15) is 69.0 Å². The summed E-state index contributed by atoms with van der Waals surface area (Å²) in [6.07, 6.45) is -15.6. The van der Waals surface area contributed by atoms with E-state index in [0.717, 1.165) is 27.7 Å². The summed E-state index contributed by atoms with van der Waals surface area (Å²) in [4.78, 5) is 95.5. The van der Waals surface area contributed by atoms with E-state index in [0.29, 0.717) is 0 Å². The minimum atomic E-state index is -1.90. The predicted molar refractivity (Wildman–Crippen MR) is 240 cm³/mol. The lowest BCUT2D eigenvalue weighted by Gasteiger charge is -2.48. The fraction of sp³-hybridized carbons (Fsp3) is 0.457. The van der Waals surface area contributed by atoms with Crippen molar-refractivity contribution in [2.24, 2.45) is 15.3 Å². The van der Waals surface area contributed by atoms with Crippen LogP contribution >= 0.6 is 0 Å². The van der Waals surface area contributed by atoms with Gasteiger partial charge in [-0.2, -0.15) is 5.11 Å². The second-order valence-electron chi connectivity index (χ2n) is 15.8. The van der Waals surface area contributed by atoms with Crippen LogP contribution in [0.2, 0.25) is 0 Å². The van der Waals surface area contributed by atoms with Crippen LogP contribution in [0.4, 0.5) is 0 Å². The van der Waals surface area contributed by atoms with Gasteiger partial charge in [-0.05, 0) is 53.9 Å². The summed E-state index contributed by atoms with van der Waals surface area (Å²) in [7, 11) is 0. The molecule has 26 nitrogen and oxygen atoms in total. The molecule has 1 aliphatic carbocycles. The average Bonchev–Trinajstić information content (AvgIpc) is 3.36. The molecule has 11 atom stereocenters. The highest BCUT2D eigenvalue weighted by molar-refractivity contribution is 5.90. The van der Waals surface area contributed by atoms with E-state index >= 15 is 0 Å². The zero-order valence-corrected chi connectivity index (χ0v) is 39.1. The molecule has 0 bridgehead atoms. The van der Waals surface area contributed by atoms with E-state index in [1.165, 1.54) is 36.4 Å². The third kappa shape index (κ3) is 16.0. The molecule has 0 spiro atoms. The number of nitrogens with one attached hydrogen (secondary N) is 1. The Bertz CT molecular complexity index is 2410. The molecule has 0 amide bonds. The van der Waals surface area contributed by atoms with Crippen LogP contribution in [0.25, 0.3) is 20.9 Å². The van der Waals surface area contributed by atoms with E-state index in [1.54, 1.807) is 54.6 Å². The van der Waals surface area contributed by atoms with Crippen LogP contribution in [-0.4, -0.2) is 142 Å². The number of rotatable bonds is 23. The SMILES string of the molecule is CC(=O)OCC1O[C@H](O[C@@H]2C(N=N)C[C@@H](N=[N+]=[N-])C(OC(C)=O)[C@H]2O[C@@H](COC(=O)c2ccccc2)OC(COC(=O)c2ccccc2)COC(=O)c2ccccc2)C(N=[N+]=[N-])[C@@H](OC(C)=O)[C@@H]1OC(C)=O. The molecule has 3 aromatic rings. The molecular weight excluding hydrogens is 953 g/mol. The monoisotopic (exact) mass is 1000 g/mol. The van der Waals surface area contributed by atoms with E-state index in [-0.39, 0.29) is 23.1 Å². The molecule has 1 saturated carbocycles. The molecule has 5 rings (SSSR count). The first-order chi connectivity index (χ1) is 34.6. The van der Waals surface area contributed by atoms with Gasteiger partial charge in [-0.25, -0.2) is 19.9 Å². The molecule has 3 aromatic carbocycles. The number of benzene rings is 3. The third-order valence-electron chi connectivity index (χ3n) is 10.5. The Morgan fingerprint density at radius 1 is 0.597 bits per heavy atom. The average molecular weight is 1000 g/mol. The van der Waals surface area contributed by atoms with Crippen LogP contribution in [0.5, 0.6) is 0 Å². The van der Waals surface area contributed by atoms with Gasteiger partial charge in [-0.15, -0.1) is 0 Å². The van der Waals surface area contributed by atoms with Crippen molar-refractivity contribution in [3.63, 3.8) is 0 Å². The number of hydrogen-bond acceptors (Lipinski definition) is 22. The number of ether oxygens (including phenoxy) is 11. The van der Waals surface area contributed by atoms with Crippen LogP contribution in [0.1, 0.15) is 65.2 Å². The lowest BCUT2D eigenvalue weighted by Crippen LogP contribution is -2.65. The second-order valence-corrected chi connectivity index (χ2v) is 15.8. The number of esters is 7. The van der Waals surface area contributed by atoms with Crippen LogP contribution < -0.4 is 0 Å². The van der Waals surface area contributed by atoms with Gasteiger partial charge in [0.15, 0.2) is 24.8 Å². The maximum Gasteiger partial charge on any atom is 0.338 e. The van der Waals surface area contributed by atoms with Crippen molar-refractivity contribution < 1.29 is 85.7 Å². The van der Waals surface area contributed by atoms with Crippen molar-refractivity contribution in [2.75, 3.05) is 26.4 Å². The molecule has 72 heavy (non-hydrogen) atoms. The summed E-state index contributed by atoms with van der Waals surface area (Å²) in [6.45, 7) is 1.42. The zero-order chi connectivity index (χ0) is 52.2. The molecule has 1 saturated heterocycles. The number of azide groups is 2. The molecule has 4 unspecified atom stereocenters. The molecule has 2 fully saturated rings. The van der Waals surface area contributed by atoms with Crippen molar-refractivity contribution in [1.82, 2.24) is 0 Å². The Kier molecular flexibility index (Phi) is 20.9. The largest absolute Gasteiger partial charge is 0.463 e. The van der Waals surface area contributed by atoms with Gasteiger partial charge >= 0.3 is 41.8 Å². The van der Waals surface area contributed by atoms with Crippen LogP contribution in [0.15, 0.2) is 106 Å². The first-order valence-electron chi connectivity index (χ1n) is 22.0. The Labute approximate surface area is 410 Å². The lowest BCUT2D eigenvalue weighted by molar-refractivity contribution is -0.315. The van der Waals surface area contributed by atoms with E-state index < -0.39 is 142 Å². The standard InChI is InChI=1S/C46H50N8O18/c1-25(55)62-23-35-40(67-27(3)57)41(68-28(4)58)37(52-54-49)46(70-35)72-38-33(50-47)20-34(51-53-48)39(66-26(2)56)42(38)71-36(24-65-45(61)31-18-12-7-13-19-31)69-32(21-63-43(59)29-14-8-5-9-15-29)22-64-44(60)30-16-10-6-11-17-30/h5-19,32-42,46-47H,20-24H2,1-4H3/t33?,34-,35?,36+,37?,38-,39?,40-,41-,42+,46-/m1/s1. The molecule has 0 aromatic heterocycles. The quantitative estimate of drug-likeness (QED) is 0.0315. The first kappa shape index (κ1) is 54.9. The van der Waals surface area contributed by atoms with Gasteiger partial charge in [0.05, 0.1) is 22.7 Å². The normalized spacial score (nSPS) is 23.8. The van der Waals surface area contributed by atoms with Crippen LogP contribution in [0.3, 0.4) is 0 Å². The molecular formula is C46H50N8O18. The Hall–Kier alpha value is -7.99. The van der Waals surface area contributed by atoms with Gasteiger partial charge in [-0.3, -0.25) is 19.2 Å². The van der Waals surface area contributed by atoms with E-state index in [1.807, 2.05) is 0 Å². The number of nitrogens with zero attached hydrogens (tertiary/aromatic N) is 7. The van der Waals surface area contributed by atoms with Gasteiger partial charge in [0.25, 0.3) is 0 Å². The minimum Gasteiger partial charge on any atom is -0.463 e. The number of carbonyl (C=O) groups excluding carboxylic acids is 7. The second kappa shape index (κ2) is 27.4. The summed E-state index contributed by atoms with van der Waals surface area (Å²) in [5, 5.41) is 11.2. The van der Waals surface area contributed by atoms with Crippen molar-refractivity contribution in [1.29, 1.82) is 5.53 Å². The maximum absolute atomic E-state index is 13.5. The van der Waals surface area contributed by atoms with Gasteiger partial charge in [0, 0.05) is 37.5 Å². The Balaban J connectivity index is 1.61. The molecule has 2 aliphatic rings. The van der Waals surface area contributed by atoms with Crippen molar-refractivity contribution in [3.8, 4) is 0 Å². The van der Waals surface area contributed by atoms with Gasteiger partial charge in [0.2, 0.25) is 0 Å². The smallest absolute Gasteiger partial charge is 0.338 e. The highest BCUT2D eigenvalue weighted by Crippen LogP contribution is 2.37. The van der Waals surface area contributed by atoms with Crippen molar-refractivity contribution >= 4 is 41.8 Å². The predicted octanol–water partition coefficient (Wildman–Crippen LogP) is 5.28. The molecule has 1 N–H and O–H groups in total. The minimum absolute atomic E-state index is 0.0887. The first-order valence-corrected chi connectivity index (χ1v) is 22.0. The summed E-state index contributed by atoms with van der Waals surface area (Å²) in [5.41, 5.74) is 28.2. The number of hydrogen-bond donors (Lipinski definition) is 1. The highest BCUT2D eigenvalue weighted by Gasteiger charge is 2.55. The van der Waals surface area contributed by atoms with E-state index in [4.69, 9.17) is 57.6 Å². The molecule has 0 radical (unpaired) electrons. The summed E-state index contributed by atoms with van der Waals surface area (Å²) in [5.74, 6) is -6.11. The fourth-order valence-electron chi connectivity index (χ4n) is 7.52.